The molecule has 0 unspecified atom stereocenters. The average molecular weight is 311 g/mol. The molecule has 2 heterocycles. The lowest BCUT2D eigenvalue weighted by Gasteiger charge is -2.33. The van der Waals surface area contributed by atoms with Gasteiger partial charge in [-0.2, -0.15) is 0 Å². The number of rotatable bonds is 4. The maximum absolute atomic E-state index is 12.5. The van der Waals surface area contributed by atoms with Crippen LogP contribution in [0.25, 0.3) is 0 Å². The van der Waals surface area contributed by atoms with Crippen LogP contribution in [0, 0.1) is 0 Å². The number of hydrogen-bond acceptors (Lipinski definition) is 6. The van der Waals surface area contributed by atoms with Crippen molar-refractivity contribution in [2.45, 2.75) is 25.3 Å². The van der Waals surface area contributed by atoms with E-state index in [9.17, 15) is 4.79 Å². The zero-order valence-corrected chi connectivity index (χ0v) is 13.0. The first-order chi connectivity index (χ1) is 11.1. The van der Waals surface area contributed by atoms with Gasteiger partial charge in [0.25, 0.3) is 0 Å². The molecule has 0 atom stereocenters. The quantitative estimate of drug-likeness (QED) is 0.829. The predicted molar refractivity (Wildman–Crippen MR) is 90.3 cm³/mol. The third-order valence-electron chi connectivity index (χ3n) is 4.21. The van der Waals surface area contributed by atoms with E-state index in [0.29, 0.717) is 0 Å². The number of nitrogens with two attached hydrogens (primary N) is 2. The number of carbonyl (C=O) groups excluding carboxylic acids is 1. The largest absolute Gasteiger partial charge is 0.382 e. The molecule has 1 aromatic carbocycles. The summed E-state index contributed by atoms with van der Waals surface area (Å²) in [5.74, 6) is 0.0655. The van der Waals surface area contributed by atoms with Gasteiger partial charge in [0.05, 0.1) is 0 Å². The Hall–Kier alpha value is -2.47. The Kier molecular flexibility index (Phi) is 4.52. The number of para-hydroxylation sites is 1. The first kappa shape index (κ1) is 15.4. The van der Waals surface area contributed by atoms with Crippen LogP contribution in [0.2, 0.25) is 0 Å². The molecule has 1 aliphatic rings. The van der Waals surface area contributed by atoms with Crippen molar-refractivity contribution < 1.29 is 4.79 Å². The summed E-state index contributed by atoms with van der Waals surface area (Å²) >= 11 is 0. The van der Waals surface area contributed by atoms with Gasteiger partial charge in [-0.25, -0.2) is 9.97 Å². The second-order valence-corrected chi connectivity index (χ2v) is 5.84. The standard InChI is InChI=1S/C17H21N5O/c18-13-5-9-22(10-6-13)14-4-2-1-3-12(14)11-15(23)16-17(19)21-8-7-20-16/h1-4,7-8,13H,5-6,9-11,18H2,(H2,19,21). The minimum atomic E-state index is -0.114. The highest BCUT2D eigenvalue weighted by Crippen LogP contribution is 2.25. The van der Waals surface area contributed by atoms with Gasteiger partial charge in [0.2, 0.25) is 0 Å². The predicted octanol–water partition coefficient (Wildman–Crippen LogP) is 1.41. The fourth-order valence-electron chi connectivity index (χ4n) is 2.93. The lowest BCUT2D eigenvalue weighted by Crippen LogP contribution is -2.40. The van der Waals surface area contributed by atoms with Gasteiger partial charge in [0.15, 0.2) is 11.6 Å². The average Bonchev–Trinajstić information content (AvgIpc) is 2.56. The van der Waals surface area contributed by atoms with E-state index >= 15 is 0 Å². The summed E-state index contributed by atoms with van der Waals surface area (Å²) in [6.07, 6.45) is 5.18. The minimum absolute atomic E-state index is 0.114. The van der Waals surface area contributed by atoms with Gasteiger partial charge in [-0.15, -0.1) is 0 Å². The third-order valence-corrected chi connectivity index (χ3v) is 4.21. The van der Waals surface area contributed by atoms with Gasteiger partial charge in [0, 0.05) is 43.6 Å². The summed E-state index contributed by atoms with van der Waals surface area (Å²) in [5.41, 5.74) is 14.0. The molecule has 0 spiro atoms. The molecule has 0 bridgehead atoms. The van der Waals surface area contributed by atoms with Crippen LogP contribution in [-0.2, 0) is 6.42 Å². The summed E-state index contributed by atoms with van der Waals surface area (Å²) in [6.45, 7) is 1.83. The molecule has 3 rings (SSSR count). The van der Waals surface area contributed by atoms with E-state index < -0.39 is 0 Å². The number of aromatic nitrogens is 2. The van der Waals surface area contributed by atoms with Gasteiger partial charge < -0.3 is 16.4 Å². The van der Waals surface area contributed by atoms with Crippen molar-refractivity contribution in [3.05, 3.63) is 47.9 Å². The smallest absolute Gasteiger partial charge is 0.189 e. The number of Topliss-reactive ketones (excluding diaryl/α,β-unsaturated/α-hetero) is 1. The van der Waals surface area contributed by atoms with Crippen molar-refractivity contribution in [1.82, 2.24) is 9.97 Å². The zero-order chi connectivity index (χ0) is 16.2. The van der Waals surface area contributed by atoms with E-state index in [0.717, 1.165) is 37.2 Å². The Morgan fingerprint density at radius 3 is 2.61 bits per heavy atom. The van der Waals surface area contributed by atoms with Crippen LogP contribution in [0.4, 0.5) is 11.5 Å². The number of hydrogen-bond donors (Lipinski definition) is 2. The summed E-state index contributed by atoms with van der Waals surface area (Å²) < 4.78 is 0. The highest BCUT2D eigenvalue weighted by molar-refractivity contribution is 5.99. The van der Waals surface area contributed by atoms with E-state index in [2.05, 4.69) is 20.9 Å². The number of benzene rings is 1. The summed E-state index contributed by atoms with van der Waals surface area (Å²) in [6, 6.07) is 8.25. The summed E-state index contributed by atoms with van der Waals surface area (Å²) in [4.78, 5) is 22.8. The molecular formula is C17H21N5O. The maximum Gasteiger partial charge on any atom is 0.189 e. The molecule has 6 heteroatoms. The Morgan fingerprint density at radius 1 is 1.17 bits per heavy atom. The molecule has 2 aromatic rings. The number of anilines is 2. The highest BCUT2D eigenvalue weighted by Gasteiger charge is 2.20. The summed E-state index contributed by atoms with van der Waals surface area (Å²) in [7, 11) is 0. The molecular weight excluding hydrogens is 290 g/mol. The van der Waals surface area contributed by atoms with E-state index in [-0.39, 0.29) is 29.8 Å². The Morgan fingerprint density at radius 2 is 1.87 bits per heavy atom. The molecule has 0 radical (unpaired) electrons. The van der Waals surface area contributed by atoms with Crippen LogP contribution in [0.1, 0.15) is 28.9 Å². The highest BCUT2D eigenvalue weighted by atomic mass is 16.1. The molecule has 4 N–H and O–H groups in total. The van der Waals surface area contributed by atoms with Gasteiger partial charge in [-0.05, 0) is 24.5 Å². The normalized spacial score (nSPS) is 15.6. The fourth-order valence-corrected chi connectivity index (χ4v) is 2.93. The van der Waals surface area contributed by atoms with Crippen molar-refractivity contribution in [1.29, 1.82) is 0 Å². The van der Waals surface area contributed by atoms with Crippen LogP contribution >= 0.6 is 0 Å². The Balaban J connectivity index is 1.81. The molecule has 0 saturated carbocycles. The molecule has 1 fully saturated rings. The molecule has 23 heavy (non-hydrogen) atoms. The second-order valence-electron chi connectivity index (χ2n) is 5.84. The van der Waals surface area contributed by atoms with E-state index in [1.165, 1.54) is 12.4 Å². The van der Waals surface area contributed by atoms with Gasteiger partial charge in [0.1, 0.15) is 5.69 Å². The molecule has 1 aromatic heterocycles. The van der Waals surface area contributed by atoms with Gasteiger partial charge >= 0.3 is 0 Å². The molecule has 0 amide bonds. The van der Waals surface area contributed by atoms with Crippen molar-refractivity contribution in [3.8, 4) is 0 Å². The maximum atomic E-state index is 12.5. The fraction of sp³-hybridized carbons (Fsp3) is 0.353. The van der Waals surface area contributed by atoms with Crippen LogP contribution < -0.4 is 16.4 Å². The lowest BCUT2D eigenvalue weighted by molar-refractivity contribution is 0.0989. The van der Waals surface area contributed by atoms with Crippen molar-refractivity contribution in [3.63, 3.8) is 0 Å². The zero-order valence-electron chi connectivity index (χ0n) is 13.0. The van der Waals surface area contributed by atoms with E-state index in [1.54, 1.807) is 0 Å². The number of piperidine rings is 1. The van der Waals surface area contributed by atoms with E-state index in [4.69, 9.17) is 11.5 Å². The number of ketones is 1. The van der Waals surface area contributed by atoms with Crippen molar-refractivity contribution in [2.24, 2.45) is 5.73 Å². The SMILES string of the molecule is Nc1nccnc1C(=O)Cc1ccccc1N1CCC(N)CC1. The molecule has 120 valence electrons. The number of nitrogen functional groups attached to an aromatic ring is 1. The van der Waals surface area contributed by atoms with Crippen molar-refractivity contribution in [2.75, 3.05) is 23.7 Å². The molecule has 1 saturated heterocycles. The Bertz CT molecular complexity index is 695. The molecule has 1 aliphatic heterocycles. The van der Waals surface area contributed by atoms with Crippen LogP contribution in [-0.4, -0.2) is 34.9 Å². The topological polar surface area (TPSA) is 98.1 Å². The van der Waals surface area contributed by atoms with Gasteiger partial charge in [-0.3, -0.25) is 4.79 Å². The summed E-state index contributed by atoms with van der Waals surface area (Å²) in [5, 5.41) is 0. The number of nitrogens with zero attached hydrogens (tertiary/aromatic N) is 3. The minimum Gasteiger partial charge on any atom is -0.382 e. The van der Waals surface area contributed by atoms with Crippen molar-refractivity contribution >= 4 is 17.3 Å². The van der Waals surface area contributed by atoms with Crippen LogP contribution in [0.3, 0.4) is 0 Å². The van der Waals surface area contributed by atoms with E-state index in [1.807, 2.05) is 18.2 Å². The van der Waals surface area contributed by atoms with Gasteiger partial charge in [-0.1, -0.05) is 18.2 Å². The monoisotopic (exact) mass is 311 g/mol. The molecule has 0 aliphatic carbocycles. The second kappa shape index (κ2) is 6.75. The first-order valence-electron chi connectivity index (χ1n) is 7.83. The van der Waals surface area contributed by atoms with Crippen LogP contribution in [0.5, 0.6) is 0 Å². The number of carbonyl (C=O) groups is 1. The Labute approximate surface area is 135 Å². The lowest BCUT2D eigenvalue weighted by atomic mass is 10.0. The first-order valence-corrected chi connectivity index (χ1v) is 7.83. The molecule has 6 nitrogen and oxygen atoms in total. The third kappa shape index (κ3) is 3.48. The van der Waals surface area contributed by atoms with Crippen LogP contribution in [0.15, 0.2) is 36.7 Å².